The van der Waals surface area contributed by atoms with E-state index in [1.165, 1.54) is 0 Å². The van der Waals surface area contributed by atoms with Crippen molar-refractivity contribution in [1.82, 2.24) is 5.32 Å². The van der Waals surface area contributed by atoms with Gasteiger partial charge >= 0.3 is 0 Å². The quantitative estimate of drug-likeness (QED) is 0.837. The molecule has 6 heteroatoms. The number of hydrogen-bond acceptors (Lipinski definition) is 5. The average Bonchev–Trinajstić information content (AvgIpc) is 3.09. The Kier molecular flexibility index (Phi) is 5.28. The Bertz CT molecular complexity index is 759. The molecule has 6 nitrogen and oxygen atoms in total. The van der Waals surface area contributed by atoms with Crippen LogP contribution >= 0.6 is 0 Å². The molecular formula is C19H21NO5. The molecule has 0 atom stereocenters. The van der Waals surface area contributed by atoms with Gasteiger partial charge in [0.15, 0.2) is 23.0 Å². The zero-order valence-corrected chi connectivity index (χ0v) is 14.3. The zero-order valence-electron chi connectivity index (χ0n) is 14.3. The maximum atomic E-state index is 12.4. The fraction of sp³-hybridized carbons (Fsp3) is 0.316. The minimum Gasteiger partial charge on any atom is -0.490 e. The molecule has 1 aliphatic rings. The van der Waals surface area contributed by atoms with Crippen LogP contribution in [0.3, 0.4) is 0 Å². The Labute approximate surface area is 146 Å². The third-order valence-corrected chi connectivity index (χ3v) is 3.70. The van der Waals surface area contributed by atoms with Crippen LogP contribution in [0.4, 0.5) is 0 Å². The summed E-state index contributed by atoms with van der Waals surface area (Å²) in [4.78, 5) is 12.4. The van der Waals surface area contributed by atoms with Crippen molar-refractivity contribution in [2.45, 2.75) is 20.4 Å². The molecule has 1 aliphatic heterocycles. The van der Waals surface area contributed by atoms with Gasteiger partial charge in [0, 0.05) is 12.1 Å². The number of rotatable bonds is 7. The van der Waals surface area contributed by atoms with E-state index >= 15 is 0 Å². The summed E-state index contributed by atoms with van der Waals surface area (Å²) >= 11 is 0. The Morgan fingerprint density at radius 3 is 2.56 bits per heavy atom. The Morgan fingerprint density at radius 2 is 1.76 bits per heavy atom. The molecule has 132 valence electrons. The predicted octanol–water partition coefficient (Wildman–Crippen LogP) is 3.14. The number of carbonyl (C=O) groups excluding carboxylic acids is 1. The Hall–Kier alpha value is -2.89. The third-order valence-electron chi connectivity index (χ3n) is 3.70. The molecule has 1 N–H and O–H groups in total. The molecule has 2 aromatic carbocycles. The van der Waals surface area contributed by atoms with E-state index in [0.29, 0.717) is 42.6 Å². The summed E-state index contributed by atoms with van der Waals surface area (Å²) in [6.45, 7) is 5.46. The van der Waals surface area contributed by atoms with Crippen LogP contribution in [0.2, 0.25) is 0 Å². The van der Waals surface area contributed by atoms with Gasteiger partial charge in [-0.25, -0.2) is 0 Å². The second kappa shape index (κ2) is 7.79. The third kappa shape index (κ3) is 3.96. The molecule has 1 heterocycles. The molecule has 1 amide bonds. The lowest BCUT2D eigenvalue weighted by molar-refractivity contribution is 0.0950. The highest BCUT2D eigenvalue weighted by Crippen LogP contribution is 2.32. The molecule has 2 aromatic rings. The molecule has 0 spiro atoms. The summed E-state index contributed by atoms with van der Waals surface area (Å²) < 4.78 is 21.7. The fourth-order valence-electron chi connectivity index (χ4n) is 2.53. The van der Waals surface area contributed by atoms with Crippen LogP contribution in [0, 0.1) is 0 Å². The van der Waals surface area contributed by atoms with Crippen molar-refractivity contribution in [1.29, 1.82) is 0 Å². The second-order valence-electron chi connectivity index (χ2n) is 5.40. The van der Waals surface area contributed by atoms with Crippen LogP contribution in [0.5, 0.6) is 23.0 Å². The van der Waals surface area contributed by atoms with Crippen molar-refractivity contribution in [2.24, 2.45) is 0 Å². The minimum atomic E-state index is -0.179. The summed E-state index contributed by atoms with van der Waals surface area (Å²) in [5.74, 6) is 2.45. The smallest absolute Gasteiger partial charge is 0.251 e. The first kappa shape index (κ1) is 17.0. The van der Waals surface area contributed by atoms with E-state index in [1.54, 1.807) is 18.2 Å². The van der Waals surface area contributed by atoms with E-state index in [-0.39, 0.29) is 12.7 Å². The van der Waals surface area contributed by atoms with Crippen LogP contribution in [-0.4, -0.2) is 25.9 Å². The molecule has 0 aliphatic carbocycles. The van der Waals surface area contributed by atoms with Gasteiger partial charge in [-0.2, -0.15) is 0 Å². The standard InChI is InChI=1S/C19H21NO5/c1-3-22-15-8-6-14(10-18(15)23-4-2)19(21)20-11-13-5-7-16-17(9-13)25-12-24-16/h5-10H,3-4,11-12H2,1-2H3,(H,20,21). The van der Waals surface area contributed by atoms with E-state index in [2.05, 4.69) is 5.32 Å². The molecule has 0 saturated heterocycles. The van der Waals surface area contributed by atoms with Gasteiger partial charge in [0.05, 0.1) is 13.2 Å². The second-order valence-corrected chi connectivity index (χ2v) is 5.40. The lowest BCUT2D eigenvalue weighted by Crippen LogP contribution is -2.22. The van der Waals surface area contributed by atoms with Crippen molar-refractivity contribution < 1.29 is 23.7 Å². The van der Waals surface area contributed by atoms with Gasteiger partial charge in [0.2, 0.25) is 6.79 Å². The first-order valence-corrected chi connectivity index (χ1v) is 8.27. The normalized spacial score (nSPS) is 11.9. The van der Waals surface area contributed by atoms with E-state index in [4.69, 9.17) is 18.9 Å². The maximum Gasteiger partial charge on any atom is 0.251 e. The fourth-order valence-corrected chi connectivity index (χ4v) is 2.53. The molecule has 0 saturated carbocycles. The molecule has 0 unspecified atom stereocenters. The highest BCUT2D eigenvalue weighted by Gasteiger charge is 2.14. The van der Waals surface area contributed by atoms with E-state index < -0.39 is 0 Å². The van der Waals surface area contributed by atoms with Gasteiger partial charge in [-0.1, -0.05) is 6.07 Å². The van der Waals surface area contributed by atoms with E-state index in [9.17, 15) is 4.79 Å². The van der Waals surface area contributed by atoms with Gasteiger partial charge in [0.1, 0.15) is 0 Å². The number of amides is 1. The highest BCUT2D eigenvalue weighted by molar-refractivity contribution is 5.94. The largest absolute Gasteiger partial charge is 0.490 e. The van der Waals surface area contributed by atoms with Crippen molar-refractivity contribution in [3.63, 3.8) is 0 Å². The molecule has 25 heavy (non-hydrogen) atoms. The van der Waals surface area contributed by atoms with Crippen LogP contribution in [0.25, 0.3) is 0 Å². The number of ether oxygens (including phenoxy) is 4. The van der Waals surface area contributed by atoms with Crippen molar-refractivity contribution in [2.75, 3.05) is 20.0 Å². The summed E-state index contributed by atoms with van der Waals surface area (Å²) in [5, 5.41) is 2.90. The monoisotopic (exact) mass is 343 g/mol. The molecule has 0 radical (unpaired) electrons. The lowest BCUT2D eigenvalue weighted by atomic mass is 10.1. The van der Waals surface area contributed by atoms with Gasteiger partial charge < -0.3 is 24.3 Å². The van der Waals surface area contributed by atoms with Gasteiger partial charge in [-0.05, 0) is 49.7 Å². The van der Waals surface area contributed by atoms with Crippen molar-refractivity contribution in [3.8, 4) is 23.0 Å². The van der Waals surface area contributed by atoms with E-state index in [0.717, 1.165) is 11.3 Å². The molecule has 0 bridgehead atoms. The van der Waals surface area contributed by atoms with Crippen molar-refractivity contribution >= 4 is 5.91 Å². The Balaban J connectivity index is 1.67. The number of benzene rings is 2. The molecule has 0 aromatic heterocycles. The number of nitrogens with one attached hydrogen (secondary N) is 1. The van der Waals surface area contributed by atoms with Crippen molar-refractivity contribution in [3.05, 3.63) is 47.5 Å². The summed E-state index contributed by atoms with van der Waals surface area (Å²) in [7, 11) is 0. The molecule has 0 fully saturated rings. The minimum absolute atomic E-state index is 0.179. The van der Waals surface area contributed by atoms with Crippen LogP contribution < -0.4 is 24.3 Å². The first-order valence-electron chi connectivity index (χ1n) is 8.27. The topological polar surface area (TPSA) is 66.0 Å². The highest BCUT2D eigenvalue weighted by atomic mass is 16.7. The van der Waals surface area contributed by atoms with E-state index in [1.807, 2.05) is 32.0 Å². The molecular weight excluding hydrogens is 322 g/mol. The average molecular weight is 343 g/mol. The first-order chi connectivity index (χ1) is 12.2. The summed E-state index contributed by atoms with van der Waals surface area (Å²) in [6, 6.07) is 10.8. The van der Waals surface area contributed by atoms with Crippen LogP contribution in [0.1, 0.15) is 29.8 Å². The van der Waals surface area contributed by atoms with Gasteiger partial charge in [-0.3, -0.25) is 4.79 Å². The number of carbonyl (C=O) groups is 1. The summed E-state index contributed by atoms with van der Waals surface area (Å²) in [5.41, 5.74) is 1.46. The lowest BCUT2D eigenvalue weighted by Gasteiger charge is -2.12. The van der Waals surface area contributed by atoms with Crippen LogP contribution in [0.15, 0.2) is 36.4 Å². The SMILES string of the molecule is CCOc1ccc(C(=O)NCc2ccc3c(c2)OCO3)cc1OCC. The zero-order chi connectivity index (χ0) is 17.6. The van der Waals surface area contributed by atoms with Gasteiger partial charge in [-0.15, -0.1) is 0 Å². The van der Waals surface area contributed by atoms with Gasteiger partial charge in [0.25, 0.3) is 5.91 Å². The predicted molar refractivity (Wildman–Crippen MR) is 92.5 cm³/mol. The number of hydrogen-bond donors (Lipinski definition) is 1. The maximum absolute atomic E-state index is 12.4. The van der Waals surface area contributed by atoms with Crippen LogP contribution in [-0.2, 0) is 6.54 Å². The Morgan fingerprint density at radius 1 is 1.00 bits per heavy atom. The summed E-state index contributed by atoms with van der Waals surface area (Å²) in [6.07, 6.45) is 0. The molecule has 3 rings (SSSR count). The number of fused-ring (bicyclic) bond motifs is 1.